The third-order valence-corrected chi connectivity index (χ3v) is 5.04. The van der Waals surface area contributed by atoms with Crippen LogP contribution in [-0.4, -0.2) is 35.7 Å². The highest BCUT2D eigenvalue weighted by atomic mass is 35.5. The summed E-state index contributed by atoms with van der Waals surface area (Å²) in [5, 5.41) is 0. The number of hydrogen-bond acceptors (Lipinski definition) is 3. The third kappa shape index (κ3) is 3.97. The van der Waals surface area contributed by atoms with Gasteiger partial charge in [0.05, 0.1) is 5.56 Å². The molecule has 138 valence electrons. The highest BCUT2D eigenvalue weighted by molar-refractivity contribution is 6.15. The van der Waals surface area contributed by atoms with Gasteiger partial charge < -0.3 is 10.6 Å². The van der Waals surface area contributed by atoms with Gasteiger partial charge in [-0.15, -0.1) is 12.4 Å². The van der Waals surface area contributed by atoms with Crippen molar-refractivity contribution in [2.24, 2.45) is 11.1 Å². The number of nitrogens with zero attached hydrogens (tertiary/aromatic N) is 1. The number of benzene rings is 2. The first-order chi connectivity index (χ1) is 11.9. The van der Waals surface area contributed by atoms with E-state index in [9.17, 15) is 9.59 Å². The van der Waals surface area contributed by atoms with Crippen molar-refractivity contribution < 1.29 is 9.59 Å². The number of hydrogen-bond donors (Lipinski definition) is 1. The molecule has 0 radical (unpaired) electrons. The lowest BCUT2D eigenvalue weighted by molar-refractivity contribution is 0.0531. The molecule has 1 amide bonds. The van der Waals surface area contributed by atoms with E-state index in [4.69, 9.17) is 5.73 Å². The van der Waals surface area contributed by atoms with Crippen molar-refractivity contribution in [3.05, 3.63) is 71.3 Å². The smallest absolute Gasteiger partial charge is 0.254 e. The van der Waals surface area contributed by atoms with Crippen LogP contribution in [0.3, 0.4) is 0 Å². The molecule has 4 nitrogen and oxygen atoms in total. The highest BCUT2D eigenvalue weighted by Crippen LogP contribution is 2.29. The van der Waals surface area contributed by atoms with Crippen molar-refractivity contribution in [3.8, 4) is 0 Å². The molecule has 1 atom stereocenters. The van der Waals surface area contributed by atoms with Gasteiger partial charge in [0.1, 0.15) is 0 Å². The van der Waals surface area contributed by atoms with Gasteiger partial charge in [0, 0.05) is 30.3 Å². The first kappa shape index (κ1) is 20.1. The van der Waals surface area contributed by atoms with Crippen LogP contribution in [0.5, 0.6) is 0 Å². The summed E-state index contributed by atoms with van der Waals surface area (Å²) < 4.78 is 0. The molecule has 2 aromatic rings. The number of nitrogens with two attached hydrogens (primary N) is 1. The van der Waals surface area contributed by atoms with E-state index in [1.165, 1.54) is 0 Å². The standard InChI is InChI=1S/C21H24N2O2.ClH/c1-21(2)14-23(13-12-18(21)22)20(25)17-11-7-6-10-16(17)19(24)15-8-4-3-5-9-15;/h3-11,18H,12-14,22H2,1-2H3;1H. The number of carbonyl (C=O) groups excluding carboxylic acids is 2. The minimum Gasteiger partial charge on any atom is -0.338 e. The van der Waals surface area contributed by atoms with Crippen molar-refractivity contribution in [1.82, 2.24) is 4.90 Å². The second-order valence-electron chi connectivity index (χ2n) is 7.35. The van der Waals surface area contributed by atoms with E-state index >= 15 is 0 Å². The SMILES string of the molecule is CC1(C)CN(C(=O)c2ccccc2C(=O)c2ccccc2)CCC1N.Cl. The van der Waals surface area contributed by atoms with E-state index in [-0.39, 0.29) is 35.6 Å². The summed E-state index contributed by atoms with van der Waals surface area (Å²) in [4.78, 5) is 27.7. The second-order valence-corrected chi connectivity index (χ2v) is 7.35. The summed E-state index contributed by atoms with van der Waals surface area (Å²) in [5.41, 5.74) is 7.54. The minimum absolute atomic E-state index is 0. The number of amides is 1. The fraction of sp³-hybridized carbons (Fsp3) is 0.333. The first-order valence-corrected chi connectivity index (χ1v) is 8.64. The summed E-state index contributed by atoms with van der Waals surface area (Å²) in [6.45, 7) is 5.38. The molecule has 1 heterocycles. The van der Waals surface area contributed by atoms with E-state index in [1.807, 2.05) is 23.1 Å². The lowest BCUT2D eigenvalue weighted by atomic mass is 9.79. The summed E-state index contributed by atoms with van der Waals surface area (Å²) >= 11 is 0. The maximum Gasteiger partial charge on any atom is 0.254 e. The van der Waals surface area contributed by atoms with Gasteiger partial charge in [-0.1, -0.05) is 62.4 Å². The molecule has 1 unspecified atom stereocenters. The van der Waals surface area contributed by atoms with Crippen molar-refractivity contribution in [2.45, 2.75) is 26.3 Å². The lowest BCUT2D eigenvalue weighted by Gasteiger charge is -2.42. The van der Waals surface area contributed by atoms with E-state index in [0.29, 0.717) is 29.8 Å². The Bertz CT molecular complexity index is 790. The van der Waals surface area contributed by atoms with E-state index in [0.717, 1.165) is 6.42 Å². The predicted octanol–water partition coefficient (Wildman–Crippen LogP) is 3.54. The molecular weight excluding hydrogens is 348 g/mol. The molecule has 2 N–H and O–H groups in total. The van der Waals surface area contributed by atoms with Crippen molar-refractivity contribution in [2.75, 3.05) is 13.1 Å². The monoisotopic (exact) mass is 372 g/mol. The summed E-state index contributed by atoms with van der Waals surface area (Å²) in [5.74, 6) is -0.225. The number of likely N-dealkylation sites (tertiary alicyclic amines) is 1. The summed E-state index contributed by atoms with van der Waals surface area (Å²) in [7, 11) is 0. The predicted molar refractivity (Wildman–Crippen MR) is 106 cm³/mol. The Labute approximate surface area is 160 Å². The maximum atomic E-state index is 13.1. The molecule has 0 aromatic heterocycles. The third-order valence-electron chi connectivity index (χ3n) is 5.04. The average molecular weight is 373 g/mol. The molecule has 0 spiro atoms. The zero-order valence-corrected chi connectivity index (χ0v) is 16.0. The normalized spacial score (nSPS) is 18.7. The van der Waals surface area contributed by atoms with Gasteiger partial charge in [0.25, 0.3) is 5.91 Å². The van der Waals surface area contributed by atoms with Gasteiger partial charge in [-0.05, 0) is 17.9 Å². The molecular formula is C21H25ClN2O2. The van der Waals surface area contributed by atoms with Gasteiger partial charge in [0.2, 0.25) is 0 Å². The van der Waals surface area contributed by atoms with E-state index < -0.39 is 0 Å². The van der Waals surface area contributed by atoms with Crippen LogP contribution in [0.4, 0.5) is 0 Å². The molecule has 1 aliphatic rings. The Balaban J connectivity index is 0.00000243. The minimum atomic E-state index is -0.133. The van der Waals surface area contributed by atoms with Crippen molar-refractivity contribution in [1.29, 1.82) is 0 Å². The molecule has 26 heavy (non-hydrogen) atoms. The molecule has 0 bridgehead atoms. The van der Waals surface area contributed by atoms with Crippen molar-refractivity contribution in [3.63, 3.8) is 0 Å². The Hall–Kier alpha value is -2.17. The molecule has 0 aliphatic carbocycles. The van der Waals surface area contributed by atoms with E-state index in [2.05, 4.69) is 13.8 Å². The Kier molecular flexibility index (Phi) is 6.21. The molecule has 5 heteroatoms. The van der Waals surface area contributed by atoms with Crippen molar-refractivity contribution >= 4 is 24.1 Å². The Morgan fingerprint density at radius 1 is 1.00 bits per heavy atom. The average Bonchev–Trinajstić information content (AvgIpc) is 2.63. The van der Waals surface area contributed by atoms with Gasteiger partial charge in [-0.3, -0.25) is 9.59 Å². The second kappa shape index (κ2) is 8.02. The van der Waals surface area contributed by atoms with Crippen LogP contribution in [0.1, 0.15) is 46.5 Å². The molecule has 1 fully saturated rings. The summed E-state index contributed by atoms with van der Waals surface area (Å²) in [6.07, 6.45) is 0.771. The van der Waals surface area contributed by atoms with Crippen LogP contribution in [0.15, 0.2) is 54.6 Å². The van der Waals surface area contributed by atoms with Gasteiger partial charge in [-0.2, -0.15) is 0 Å². The van der Waals surface area contributed by atoms with Crippen LogP contribution in [0.25, 0.3) is 0 Å². The first-order valence-electron chi connectivity index (χ1n) is 8.64. The zero-order chi connectivity index (χ0) is 18.0. The van der Waals surface area contributed by atoms with Gasteiger partial charge in [0.15, 0.2) is 5.78 Å². The fourth-order valence-electron chi connectivity index (χ4n) is 3.33. The summed E-state index contributed by atoms with van der Waals surface area (Å²) in [6, 6.07) is 16.2. The topological polar surface area (TPSA) is 63.4 Å². The molecule has 3 rings (SSSR count). The van der Waals surface area contributed by atoms with E-state index in [1.54, 1.807) is 36.4 Å². The van der Waals surface area contributed by atoms with Crippen LogP contribution >= 0.6 is 12.4 Å². The van der Waals surface area contributed by atoms with Gasteiger partial charge >= 0.3 is 0 Å². The quantitative estimate of drug-likeness (QED) is 0.838. The zero-order valence-electron chi connectivity index (χ0n) is 15.1. The number of piperidine rings is 1. The number of ketones is 1. The van der Waals surface area contributed by atoms with Gasteiger partial charge in [-0.25, -0.2) is 0 Å². The lowest BCUT2D eigenvalue weighted by Crippen LogP contribution is -2.54. The fourth-order valence-corrected chi connectivity index (χ4v) is 3.33. The molecule has 2 aromatic carbocycles. The van der Waals surface area contributed by atoms with Crippen LogP contribution in [0, 0.1) is 5.41 Å². The number of carbonyl (C=O) groups is 2. The highest BCUT2D eigenvalue weighted by Gasteiger charge is 2.36. The molecule has 1 saturated heterocycles. The largest absolute Gasteiger partial charge is 0.338 e. The van der Waals surface area contributed by atoms with Crippen LogP contribution in [-0.2, 0) is 0 Å². The Morgan fingerprint density at radius 2 is 1.58 bits per heavy atom. The number of rotatable bonds is 3. The molecule has 1 aliphatic heterocycles. The maximum absolute atomic E-state index is 13.1. The van der Waals surface area contributed by atoms with Crippen LogP contribution < -0.4 is 5.73 Å². The Morgan fingerprint density at radius 3 is 2.19 bits per heavy atom. The number of halogens is 1. The van der Waals surface area contributed by atoms with Crippen LogP contribution in [0.2, 0.25) is 0 Å². The molecule has 0 saturated carbocycles.